The molecule has 1 aliphatic rings. The summed E-state index contributed by atoms with van der Waals surface area (Å²) in [6.45, 7) is 1.46. The molecule has 2 atom stereocenters. The quantitative estimate of drug-likeness (QED) is 0.621. The number of furan rings is 1. The van der Waals surface area contributed by atoms with Crippen molar-refractivity contribution in [1.82, 2.24) is 10.3 Å². The Labute approximate surface area is 173 Å². The van der Waals surface area contributed by atoms with E-state index in [9.17, 15) is 4.79 Å². The zero-order chi connectivity index (χ0) is 20.4. The zero-order valence-corrected chi connectivity index (χ0v) is 16.8. The maximum Gasteiger partial charge on any atom is 0.221 e. The number of benzene rings is 1. The molecule has 0 bridgehead atoms. The number of methoxy groups -OCH3 is 1. The predicted molar refractivity (Wildman–Crippen MR) is 114 cm³/mol. The maximum absolute atomic E-state index is 11.6. The van der Waals surface area contributed by atoms with Gasteiger partial charge in [-0.1, -0.05) is 6.07 Å². The van der Waals surface area contributed by atoms with Gasteiger partial charge in [0.1, 0.15) is 17.6 Å². The third-order valence-corrected chi connectivity index (χ3v) is 5.02. The lowest BCUT2D eigenvalue weighted by molar-refractivity contribution is -0.114. The second kappa shape index (κ2) is 7.92. The molecule has 2 N–H and O–H groups in total. The van der Waals surface area contributed by atoms with Crippen LogP contribution in [0.1, 0.15) is 30.5 Å². The topological polar surface area (TPSA) is 79.6 Å². The van der Waals surface area contributed by atoms with Crippen molar-refractivity contribution in [2.45, 2.75) is 19.0 Å². The van der Waals surface area contributed by atoms with Gasteiger partial charge in [0.2, 0.25) is 5.91 Å². The van der Waals surface area contributed by atoms with Gasteiger partial charge >= 0.3 is 0 Å². The van der Waals surface area contributed by atoms with E-state index in [1.165, 1.54) is 6.92 Å². The van der Waals surface area contributed by atoms with E-state index in [2.05, 4.69) is 15.6 Å². The average molecular weight is 408 g/mol. The number of anilines is 2. The number of ether oxygens (including phenoxy) is 1. The van der Waals surface area contributed by atoms with E-state index in [0.717, 1.165) is 17.1 Å². The normalized spacial score (nSPS) is 18.4. The molecule has 4 rings (SSSR count). The Morgan fingerprint density at radius 2 is 2.14 bits per heavy atom. The Kier molecular flexibility index (Phi) is 5.18. The van der Waals surface area contributed by atoms with Crippen LogP contribution in [0, 0.1) is 0 Å². The summed E-state index contributed by atoms with van der Waals surface area (Å²) >= 11 is 5.67. The molecule has 7 nitrogen and oxygen atoms in total. The van der Waals surface area contributed by atoms with Crippen LogP contribution in [0.5, 0.6) is 5.75 Å². The van der Waals surface area contributed by atoms with E-state index >= 15 is 0 Å². The monoisotopic (exact) mass is 408 g/mol. The fourth-order valence-corrected chi connectivity index (χ4v) is 3.86. The summed E-state index contributed by atoms with van der Waals surface area (Å²) in [5.74, 6) is 1.14. The van der Waals surface area contributed by atoms with E-state index in [1.807, 2.05) is 47.4 Å². The van der Waals surface area contributed by atoms with Crippen molar-refractivity contribution in [2.24, 2.45) is 0 Å². The van der Waals surface area contributed by atoms with Gasteiger partial charge in [-0.05, 0) is 54.7 Å². The second-order valence-electron chi connectivity index (χ2n) is 6.58. The number of aromatic nitrogens is 1. The molecule has 0 unspecified atom stereocenters. The van der Waals surface area contributed by atoms with Crippen molar-refractivity contribution in [2.75, 3.05) is 17.3 Å². The van der Waals surface area contributed by atoms with Gasteiger partial charge < -0.3 is 24.7 Å². The maximum atomic E-state index is 11.6. The lowest BCUT2D eigenvalue weighted by Gasteiger charge is -2.26. The van der Waals surface area contributed by atoms with E-state index < -0.39 is 0 Å². The zero-order valence-electron chi connectivity index (χ0n) is 16.0. The number of carbonyl (C=O) groups is 1. The Balaban J connectivity index is 1.79. The highest BCUT2D eigenvalue weighted by Gasteiger charge is 2.42. The second-order valence-corrected chi connectivity index (χ2v) is 6.96. The summed E-state index contributed by atoms with van der Waals surface area (Å²) in [6, 6.07) is 14.6. The van der Waals surface area contributed by atoms with Gasteiger partial charge in [0.05, 0.1) is 30.8 Å². The largest absolute Gasteiger partial charge is 0.495 e. The van der Waals surface area contributed by atoms with Crippen LogP contribution in [0.4, 0.5) is 11.4 Å². The van der Waals surface area contributed by atoms with Gasteiger partial charge in [0, 0.05) is 18.8 Å². The first-order chi connectivity index (χ1) is 14.1. The molecule has 2 aromatic heterocycles. The lowest BCUT2D eigenvalue weighted by Crippen LogP contribution is -2.29. The summed E-state index contributed by atoms with van der Waals surface area (Å²) in [7, 11) is 1.56. The third-order valence-electron chi connectivity index (χ3n) is 4.70. The summed E-state index contributed by atoms with van der Waals surface area (Å²) in [4.78, 5) is 18.1. The molecule has 0 aliphatic carbocycles. The Morgan fingerprint density at radius 3 is 2.79 bits per heavy atom. The first-order valence-corrected chi connectivity index (χ1v) is 9.49. The SMILES string of the molecule is COc1ccc(N2C(=S)N[C@@H](c3ccccn3)[C@H]2c2ccco2)cc1NC(C)=O. The molecular weight excluding hydrogens is 388 g/mol. The highest BCUT2D eigenvalue weighted by molar-refractivity contribution is 7.80. The standard InChI is InChI=1S/C21H20N4O3S/c1-13(26)23-16-12-14(8-9-17(16)27-2)25-20(18-7-5-11-28-18)19(24-21(25)29)15-6-3-4-10-22-15/h3-12,19-20H,1-2H3,(H,23,26)(H,24,29)/t19-,20+/m0/s1. The van der Waals surface area contributed by atoms with Crippen LogP contribution in [0.25, 0.3) is 0 Å². The molecular formula is C21H20N4O3S. The number of pyridine rings is 1. The number of rotatable bonds is 5. The molecule has 1 aliphatic heterocycles. The summed E-state index contributed by atoms with van der Waals surface area (Å²) in [5.41, 5.74) is 2.22. The van der Waals surface area contributed by atoms with Crippen LogP contribution in [0.3, 0.4) is 0 Å². The molecule has 0 spiro atoms. The molecule has 148 valence electrons. The minimum absolute atomic E-state index is 0.184. The van der Waals surface area contributed by atoms with E-state index in [-0.39, 0.29) is 18.0 Å². The van der Waals surface area contributed by atoms with Crippen LogP contribution >= 0.6 is 12.2 Å². The number of carbonyl (C=O) groups excluding carboxylic acids is 1. The lowest BCUT2D eigenvalue weighted by atomic mass is 10.0. The first kappa shape index (κ1) is 18.9. The molecule has 1 aromatic carbocycles. The van der Waals surface area contributed by atoms with Crippen molar-refractivity contribution < 1.29 is 13.9 Å². The fourth-order valence-electron chi connectivity index (χ4n) is 3.51. The van der Waals surface area contributed by atoms with E-state index in [1.54, 1.807) is 25.6 Å². The van der Waals surface area contributed by atoms with Gasteiger partial charge in [0.25, 0.3) is 0 Å². The minimum Gasteiger partial charge on any atom is -0.495 e. The van der Waals surface area contributed by atoms with Crippen molar-refractivity contribution >= 4 is 34.6 Å². The van der Waals surface area contributed by atoms with Crippen LogP contribution in [-0.2, 0) is 4.79 Å². The highest BCUT2D eigenvalue weighted by atomic mass is 32.1. The highest BCUT2D eigenvalue weighted by Crippen LogP contribution is 2.43. The number of nitrogens with one attached hydrogen (secondary N) is 2. The van der Waals surface area contributed by atoms with Gasteiger partial charge in [-0.25, -0.2) is 0 Å². The van der Waals surface area contributed by atoms with Gasteiger partial charge in [0.15, 0.2) is 5.11 Å². The molecule has 1 saturated heterocycles. The molecule has 8 heteroatoms. The molecule has 3 heterocycles. The Morgan fingerprint density at radius 1 is 1.28 bits per heavy atom. The summed E-state index contributed by atoms with van der Waals surface area (Å²) in [5, 5.41) is 6.71. The third kappa shape index (κ3) is 3.66. The predicted octanol–water partition coefficient (Wildman–Crippen LogP) is 3.82. The molecule has 0 saturated carbocycles. The van der Waals surface area contributed by atoms with Crippen LogP contribution in [0.2, 0.25) is 0 Å². The van der Waals surface area contributed by atoms with Crippen molar-refractivity contribution in [3.8, 4) is 5.75 Å². The van der Waals surface area contributed by atoms with Gasteiger partial charge in [-0.3, -0.25) is 9.78 Å². The van der Waals surface area contributed by atoms with E-state index in [4.69, 9.17) is 21.4 Å². The summed E-state index contributed by atoms with van der Waals surface area (Å²) < 4.78 is 11.1. The summed E-state index contributed by atoms with van der Waals surface area (Å²) in [6.07, 6.45) is 3.39. The Hall–Kier alpha value is -3.39. The molecule has 3 aromatic rings. The molecule has 1 amide bonds. The van der Waals surface area contributed by atoms with Crippen LogP contribution in [0.15, 0.2) is 65.4 Å². The van der Waals surface area contributed by atoms with Gasteiger partial charge in [-0.2, -0.15) is 0 Å². The van der Waals surface area contributed by atoms with E-state index in [0.29, 0.717) is 16.5 Å². The van der Waals surface area contributed by atoms with Crippen molar-refractivity contribution in [1.29, 1.82) is 0 Å². The Bertz CT molecular complexity index is 1020. The smallest absolute Gasteiger partial charge is 0.221 e. The van der Waals surface area contributed by atoms with Crippen LogP contribution in [-0.4, -0.2) is 23.1 Å². The number of hydrogen-bond acceptors (Lipinski definition) is 5. The minimum atomic E-state index is -0.244. The number of hydrogen-bond donors (Lipinski definition) is 2. The van der Waals surface area contributed by atoms with Crippen molar-refractivity contribution in [3.63, 3.8) is 0 Å². The molecule has 0 radical (unpaired) electrons. The van der Waals surface area contributed by atoms with Crippen molar-refractivity contribution in [3.05, 3.63) is 72.4 Å². The first-order valence-electron chi connectivity index (χ1n) is 9.08. The number of amides is 1. The van der Waals surface area contributed by atoms with Gasteiger partial charge in [-0.15, -0.1) is 0 Å². The van der Waals surface area contributed by atoms with Crippen LogP contribution < -0.4 is 20.3 Å². The molecule has 29 heavy (non-hydrogen) atoms. The molecule has 1 fully saturated rings. The average Bonchev–Trinajstić information content (AvgIpc) is 3.35. The number of nitrogens with zero attached hydrogens (tertiary/aromatic N) is 2. The number of thiocarbonyl (C=S) groups is 1. The fraction of sp³-hybridized carbons (Fsp3) is 0.190.